The summed E-state index contributed by atoms with van der Waals surface area (Å²) in [5.74, 6) is -2.78. The topological polar surface area (TPSA) is 155 Å². The molecule has 9 heteroatoms. The molecule has 0 radical (unpaired) electrons. The Morgan fingerprint density at radius 2 is 1.79 bits per heavy atom. The predicted molar refractivity (Wildman–Crippen MR) is 118 cm³/mol. The number of aliphatic hydroxyl groups is 3. The number of carboxylic acids is 1. The van der Waals surface area contributed by atoms with Crippen molar-refractivity contribution in [2.45, 2.75) is 95.7 Å². The van der Waals surface area contributed by atoms with Crippen LogP contribution in [0.4, 0.5) is 0 Å². The smallest absolute Gasteiger partial charge is 0.295 e. The van der Waals surface area contributed by atoms with Gasteiger partial charge in [0, 0.05) is 11.9 Å². The summed E-state index contributed by atoms with van der Waals surface area (Å²) in [5, 5.41) is 44.5. The molecule has 11 atom stereocenters. The van der Waals surface area contributed by atoms with E-state index in [9.17, 15) is 38.2 Å². The molecule has 190 valence electrons. The molecular weight excluding hydrogens is 448 g/mol. The molecule has 0 unspecified atom stereocenters. The van der Waals surface area contributed by atoms with Crippen LogP contribution in [0.25, 0.3) is 0 Å². The van der Waals surface area contributed by atoms with Gasteiger partial charge in [-0.15, -0.1) is 0 Å². The van der Waals surface area contributed by atoms with E-state index in [1.165, 1.54) is 0 Å². The third-order valence-electron chi connectivity index (χ3n) is 10.8. The Balaban J connectivity index is 1.76. The normalized spacial score (nSPS) is 50.7. The Bertz CT molecular complexity index is 891. The first kappa shape index (κ1) is 25.4. The second kappa shape index (κ2) is 8.15. The lowest BCUT2D eigenvalue weighted by Gasteiger charge is -2.65. The molecule has 4 rings (SSSR count). The molecular formula is C24H39O8S-. The van der Waals surface area contributed by atoms with Gasteiger partial charge in [-0.1, -0.05) is 20.8 Å². The zero-order valence-electron chi connectivity index (χ0n) is 19.8. The monoisotopic (exact) mass is 487 g/mol. The maximum Gasteiger partial charge on any atom is 0.295 e. The summed E-state index contributed by atoms with van der Waals surface area (Å²) < 4.78 is 35.7. The molecule has 0 bridgehead atoms. The average molecular weight is 488 g/mol. The van der Waals surface area contributed by atoms with Crippen LogP contribution < -0.4 is 5.11 Å². The van der Waals surface area contributed by atoms with Crippen molar-refractivity contribution in [2.75, 3.05) is 0 Å². The van der Waals surface area contributed by atoms with Crippen LogP contribution in [0.1, 0.15) is 78.6 Å². The fraction of sp³-hybridized carbons (Fsp3) is 0.958. The van der Waals surface area contributed by atoms with Crippen molar-refractivity contribution < 1.29 is 38.2 Å². The van der Waals surface area contributed by atoms with E-state index in [0.717, 1.165) is 0 Å². The summed E-state index contributed by atoms with van der Waals surface area (Å²) in [6.07, 6.45) is 2.22. The maximum atomic E-state index is 12.7. The predicted octanol–water partition coefficient (Wildman–Crippen LogP) is 1.33. The van der Waals surface area contributed by atoms with Crippen LogP contribution in [0.3, 0.4) is 0 Å². The molecule has 4 N–H and O–H groups in total. The molecule has 0 heterocycles. The van der Waals surface area contributed by atoms with E-state index in [-0.39, 0.29) is 47.8 Å². The molecule has 0 amide bonds. The third-order valence-corrected chi connectivity index (χ3v) is 12.1. The summed E-state index contributed by atoms with van der Waals surface area (Å²) in [5.41, 5.74) is -1.04. The molecule has 0 aromatic carbocycles. The van der Waals surface area contributed by atoms with E-state index in [1.54, 1.807) is 0 Å². The zero-order chi connectivity index (χ0) is 24.6. The van der Waals surface area contributed by atoms with E-state index >= 15 is 0 Å². The van der Waals surface area contributed by atoms with Crippen molar-refractivity contribution in [1.29, 1.82) is 0 Å². The van der Waals surface area contributed by atoms with Gasteiger partial charge in [0.05, 0.1) is 12.2 Å². The van der Waals surface area contributed by atoms with Gasteiger partial charge in [0.25, 0.3) is 10.1 Å². The van der Waals surface area contributed by atoms with Crippen LogP contribution in [0.2, 0.25) is 0 Å². The van der Waals surface area contributed by atoms with Crippen LogP contribution in [0, 0.1) is 46.3 Å². The van der Waals surface area contributed by atoms with Crippen molar-refractivity contribution in [2.24, 2.45) is 46.3 Å². The van der Waals surface area contributed by atoms with Gasteiger partial charge in [-0.25, -0.2) is 0 Å². The van der Waals surface area contributed by atoms with E-state index in [0.29, 0.717) is 44.9 Å². The van der Waals surface area contributed by atoms with Gasteiger partial charge in [0.15, 0.2) is 4.93 Å². The summed E-state index contributed by atoms with van der Waals surface area (Å²) in [6.45, 7) is 6.01. The minimum Gasteiger partial charge on any atom is -0.550 e. The van der Waals surface area contributed by atoms with E-state index in [1.807, 2.05) is 13.8 Å². The van der Waals surface area contributed by atoms with E-state index in [4.69, 9.17) is 0 Å². The molecule has 0 spiro atoms. The summed E-state index contributed by atoms with van der Waals surface area (Å²) in [7, 11) is -4.83. The summed E-state index contributed by atoms with van der Waals surface area (Å²) in [6, 6.07) is 0. The maximum absolute atomic E-state index is 12.7. The number of fused-ring (bicyclic) bond motifs is 5. The molecule has 0 aliphatic heterocycles. The number of hydrogen-bond acceptors (Lipinski definition) is 7. The molecule has 0 saturated heterocycles. The highest BCUT2D eigenvalue weighted by Crippen LogP contribution is 2.70. The van der Waals surface area contributed by atoms with Gasteiger partial charge in [-0.05, 0) is 98.2 Å². The number of carbonyl (C=O) groups is 1. The molecule has 33 heavy (non-hydrogen) atoms. The van der Waals surface area contributed by atoms with Gasteiger partial charge in [0.1, 0.15) is 0 Å². The largest absolute Gasteiger partial charge is 0.550 e. The lowest BCUT2D eigenvalue weighted by Crippen LogP contribution is -2.68. The molecule has 4 saturated carbocycles. The number of carboxylic acid groups (broad SMARTS) is 1. The number of rotatable bonds is 5. The van der Waals surface area contributed by atoms with Gasteiger partial charge in [0.2, 0.25) is 0 Å². The minimum atomic E-state index is -4.83. The van der Waals surface area contributed by atoms with Crippen LogP contribution in [-0.4, -0.2) is 51.4 Å². The average Bonchev–Trinajstić information content (AvgIpc) is 3.06. The highest BCUT2D eigenvalue weighted by Gasteiger charge is 2.71. The van der Waals surface area contributed by atoms with Crippen LogP contribution in [0.15, 0.2) is 0 Å². The van der Waals surface area contributed by atoms with Crippen LogP contribution in [0.5, 0.6) is 0 Å². The SMILES string of the molecule is C[C@H](CCC(=O)[O-])[C@H]1CC[C@H]2[C@H]3[C@H](C[C@H](O)[C@]12C)[C@@]1(C)CC[C@@H](O)C[C@H]1C[C@]3(O)S(=O)(=O)O. The lowest BCUT2D eigenvalue weighted by atomic mass is 9.43. The highest BCUT2D eigenvalue weighted by atomic mass is 32.2. The molecule has 8 nitrogen and oxygen atoms in total. The Morgan fingerprint density at radius 3 is 2.39 bits per heavy atom. The fourth-order valence-corrected chi connectivity index (χ4v) is 10.0. The summed E-state index contributed by atoms with van der Waals surface area (Å²) >= 11 is 0. The minimum absolute atomic E-state index is 0.0142. The number of aliphatic carboxylic acids is 1. The molecule has 4 aliphatic rings. The van der Waals surface area contributed by atoms with Crippen molar-refractivity contribution in [1.82, 2.24) is 0 Å². The Kier molecular flexibility index (Phi) is 6.26. The van der Waals surface area contributed by atoms with Crippen LogP contribution in [-0.2, 0) is 14.9 Å². The molecule has 0 aromatic heterocycles. The Labute approximate surface area is 196 Å². The first-order valence-electron chi connectivity index (χ1n) is 12.4. The number of carbonyl (C=O) groups excluding carboxylic acids is 1. The van der Waals surface area contributed by atoms with E-state index in [2.05, 4.69) is 6.92 Å². The standard InChI is InChI=1S/C24H40O8S/c1-13(4-7-20(27)28)16-5-6-17-21-18(11-19(26)23(16,17)3)22(2)9-8-15(25)10-14(22)12-24(21,29)33(30,31)32/h13-19,21,25-26,29H,4-12H2,1-3H3,(H,27,28)(H,30,31,32)/p-1/t13-,14+,15-,16-,17+,18+,19+,21+,22+,23-,24+/m1/s1. The fourth-order valence-electron chi connectivity index (χ4n) is 8.96. The lowest BCUT2D eigenvalue weighted by molar-refractivity contribution is -0.306. The van der Waals surface area contributed by atoms with Gasteiger partial charge in [-0.2, -0.15) is 8.42 Å². The van der Waals surface area contributed by atoms with E-state index < -0.39 is 44.6 Å². The first-order valence-corrected chi connectivity index (χ1v) is 13.9. The van der Waals surface area contributed by atoms with Crippen molar-refractivity contribution in [3.63, 3.8) is 0 Å². The van der Waals surface area contributed by atoms with Gasteiger partial charge >= 0.3 is 0 Å². The molecule has 4 aliphatic carbocycles. The third kappa shape index (κ3) is 3.68. The van der Waals surface area contributed by atoms with Crippen molar-refractivity contribution >= 4 is 16.1 Å². The van der Waals surface area contributed by atoms with Crippen molar-refractivity contribution in [3.05, 3.63) is 0 Å². The summed E-state index contributed by atoms with van der Waals surface area (Å²) in [4.78, 5) is 8.69. The highest BCUT2D eigenvalue weighted by molar-refractivity contribution is 7.87. The quantitative estimate of drug-likeness (QED) is 0.423. The second-order valence-electron chi connectivity index (χ2n) is 12.1. The number of aliphatic hydroxyl groups excluding tert-OH is 2. The Hall–Kier alpha value is -0.740. The Morgan fingerprint density at radius 1 is 1.12 bits per heavy atom. The molecule has 4 fully saturated rings. The second-order valence-corrected chi connectivity index (χ2v) is 13.7. The number of hydrogen-bond donors (Lipinski definition) is 4. The van der Waals surface area contributed by atoms with Gasteiger partial charge in [-0.3, -0.25) is 4.55 Å². The van der Waals surface area contributed by atoms with Crippen LogP contribution >= 0.6 is 0 Å². The molecule has 0 aromatic rings. The van der Waals surface area contributed by atoms with Gasteiger partial charge < -0.3 is 25.2 Å². The zero-order valence-corrected chi connectivity index (χ0v) is 20.6. The first-order chi connectivity index (χ1) is 15.2. The van der Waals surface area contributed by atoms with Crippen molar-refractivity contribution in [3.8, 4) is 0 Å².